The SMILES string of the molecule is C#C[C@H](OCC(=C)Br)[C@H](OCc1ccccc1)C(=C)C. The number of rotatable bonds is 8. The zero-order valence-electron chi connectivity index (χ0n) is 11.6. The summed E-state index contributed by atoms with van der Waals surface area (Å²) in [5, 5.41) is 0. The predicted molar refractivity (Wildman–Crippen MR) is 86.5 cm³/mol. The largest absolute Gasteiger partial charge is 0.365 e. The Morgan fingerprint density at radius 1 is 1.30 bits per heavy atom. The van der Waals surface area contributed by atoms with Crippen LogP contribution >= 0.6 is 15.9 Å². The first kappa shape index (κ1) is 16.7. The molecule has 0 spiro atoms. The molecule has 0 aliphatic heterocycles. The minimum Gasteiger partial charge on any atom is -0.365 e. The molecule has 0 saturated heterocycles. The van der Waals surface area contributed by atoms with Crippen molar-refractivity contribution in [3.05, 3.63) is 59.1 Å². The second-order valence-electron chi connectivity index (χ2n) is 4.48. The van der Waals surface area contributed by atoms with E-state index in [0.29, 0.717) is 13.2 Å². The molecular formula is C17H19BrO2. The molecule has 0 aromatic heterocycles. The van der Waals surface area contributed by atoms with Crippen LogP contribution in [-0.4, -0.2) is 18.8 Å². The maximum absolute atomic E-state index is 5.86. The third-order valence-corrected chi connectivity index (χ3v) is 2.85. The lowest BCUT2D eigenvalue weighted by molar-refractivity contribution is -0.0292. The Balaban J connectivity index is 2.65. The van der Waals surface area contributed by atoms with E-state index < -0.39 is 6.10 Å². The van der Waals surface area contributed by atoms with Crippen molar-refractivity contribution in [1.82, 2.24) is 0 Å². The summed E-state index contributed by atoms with van der Waals surface area (Å²) >= 11 is 3.24. The van der Waals surface area contributed by atoms with Gasteiger partial charge in [-0.25, -0.2) is 0 Å². The summed E-state index contributed by atoms with van der Waals surface area (Å²) in [5.74, 6) is 2.61. The molecule has 0 N–H and O–H groups in total. The quantitative estimate of drug-likeness (QED) is 0.527. The lowest BCUT2D eigenvalue weighted by Gasteiger charge is -2.24. The Kier molecular flexibility index (Phi) is 7.32. The molecule has 2 atom stereocenters. The number of hydrogen-bond acceptors (Lipinski definition) is 2. The second kappa shape index (κ2) is 8.76. The summed E-state index contributed by atoms with van der Waals surface area (Å²) in [6.07, 6.45) is 4.70. The second-order valence-corrected chi connectivity index (χ2v) is 5.60. The van der Waals surface area contributed by atoms with Gasteiger partial charge in [0.05, 0.1) is 13.2 Å². The van der Waals surface area contributed by atoms with Crippen molar-refractivity contribution in [2.24, 2.45) is 0 Å². The molecular weight excluding hydrogens is 316 g/mol. The van der Waals surface area contributed by atoms with Crippen LogP contribution < -0.4 is 0 Å². The van der Waals surface area contributed by atoms with Gasteiger partial charge in [0, 0.05) is 4.48 Å². The van der Waals surface area contributed by atoms with Crippen LogP contribution in [0.3, 0.4) is 0 Å². The molecule has 1 aromatic carbocycles. The fourth-order valence-corrected chi connectivity index (χ4v) is 1.78. The smallest absolute Gasteiger partial charge is 0.148 e. The van der Waals surface area contributed by atoms with Crippen molar-refractivity contribution in [3.63, 3.8) is 0 Å². The summed E-state index contributed by atoms with van der Waals surface area (Å²) in [7, 11) is 0. The molecule has 106 valence electrons. The van der Waals surface area contributed by atoms with Gasteiger partial charge in [0.25, 0.3) is 0 Å². The van der Waals surface area contributed by atoms with Gasteiger partial charge in [-0.1, -0.05) is 65.3 Å². The lowest BCUT2D eigenvalue weighted by Crippen LogP contribution is -2.31. The number of ether oxygens (including phenoxy) is 2. The first-order valence-electron chi connectivity index (χ1n) is 6.26. The Bertz CT molecular complexity index is 487. The summed E-state index contributed by atoms with van der Waals surface area (Å²) < 4.78 is 12.2. The molecule has 0 bridgehead atoms. The Morgan fingerprint density at radius 3 is 2.45 bits per heavy atom. The van der Waals surface area contributed by atoms with Gasteiger partial charge in [-0.2, -0.15) is 0 Å². The highest BCUT2D eigenvalue weighted by atomic mass is 79.9. The summed E-state index contributed by atoms with van der Waals surface area (Å²) in [6.45, 7) is 10.3. The Labute approximate surface area is 129 Å². The summed E-state index contributed by atoms with van der Waals surface area (Å²) in [4.78, 5) is 0. The normalized spacial score (nSPS) is 13.2. The predicted octanol–water partition coefficient (Wildman–Crippen LogP) is 4.07. The van der Waals surface area contributed by atoms with Crippen LogP contribution in [0.25, 0.3) is 0 Å². The molecule has 1 aromatic rings. The first-order chi connectivity index (χ1) is 9.54. The highest BCUT2D eigenvalue weighted by Crippen LogP contribution is 2.16. The van der Waals surface area contributed by atoms with Crippen LogP contribution in [0.1, 0.15) is 12.5 Å². The van der Waals surface area contributed by atoms with E-state index in [1.54, 1.807) is 0 Å². The van der Waals surface area contributed by atoms with Crippen molar-refractivity contribution in [2.45, 2.75) is 25.7 Å². The third kappa shape index (κ3) is 5.75. The van der Waals surface area contributed by atoms with E-state index in [9.17, 15) is 0 Å². The van der Waals surface area contributed by atoms with Crippen molar-refractivity contribution >= 4 is 15.9 Å². The van der Waals surface area contributed by atoms with E-state index in [2.05, 4.69) is 35.0 Å². The maximum atomic E-state index is 5.86. The van der Waals surface area contributed by atoms with Gasteiger partial charge in [0.2, 0.25) is 0 Å². The van der Waals surface area contributed by atoms with E-state index in [1.807, 2.05) is 37.3 Å². The van der Waals surface area contributed by atoms with E-state index in [1.165, 1.54) is 0 Å². The van der Waals surface area contributed by atoms with Crippen LogP contribution in [0.2, 0.25) is 0 Å². The van der Waals surface area contributed by atoms with Crippen LogP contribution in [0.15, 0.2) is 53.5 Å². The summed E-state index contributed by atoms with van der Waals surface area (Å²) in [6, 6.07) is 9.91. The first-order valence-corrected chi connectivity index (χ1v) is 7.05. The number of halogens is 1. The Hall–Kier alpha value is -1.34. The topological polar surface area (TPSA) is 18.5 Å². The van der Waals surface area contributed by atoms with E-state index >= 15 is 0 Å². The van der Waals surface area contributed by atoms with Crippen LogP contribution in [-0.2, 0) is 16.1 Å². The van der Waals surface area contributed by atoms with E-state index in [0.717, 1.165) is 15.6 Å². The van der Waals surface area contributed by atoms with Gasteiger partial charge in [-0.3, -0.25) is 0 Å². The van der Waals surface area contributed by atoms with Crippen molar-refractivity contribution in [2.75, 3.05) is 6.61 Å². The molecule has 0 aliphatic carbocycles. The third-order valence-electron chi connectivity index (χ3n) is 2.62. The van der Waals surface area contributed by atoms with Crippen LogP contribution in [0, 0.1) is 12.3 Å². The van der Waals surface area contributed by atoms with Gasteiger partial charge < -0.3 is 9.47 Å². The van der Waals surface area contributed by atoms with Gasteiger partial charge in [0.1, 0.15) is 12.2 Å². The van der Waals surface area contributed by atoms with Gasteiger partial charge in [-0.05, 0) is 18.1 Å². The molecule has 1 rings (SSSR count). The fraction of sp³-hybridized carbons (Fsp3) is 0.294. The number of terminal acetylenes is 1. The maximum Gasteiger partial charge on any atom is 0.148 e. The highest BCUT2D eigenvalue weighted by molar-refractivity contribution is 9.11. The van der Waals surface area contributed by atoms with Gasteiger partial charge in [0.15, 0.2) is 0 Å². The summed E-state index contributed by atoms with van der Waals surface area (Å²) in [5.41, 5.74) is 1.92. The zero-order chi connectivity index (χ0) is 15.0. The molecule has 2 nitrogen and oxygen atoms in total. The fourth-order valence-electron chi connectivity index (χ4n) is 1.65. The lowest BCUT2D eigenvalue weighted by atomic mass is 10.1. The molecule has 3 heteroatoms. The average molecular weight is 335 g/mol. The highest BCUT2D eigenvalue weighted by Gasteiger charge is 2.22. The molecule has 0 amide bonds. The van der Waals surface area contributed by atoms with Gasteiger partial charge in [-0.15, -0.1) is 6.42 Å². The average Bonchev–Trinajstić information content (AvgIpc) is 2.42. The van der Waals surface area contributed by atoms with Crippen molar-refractivity contribution in [1.29, 1.82) is 0 Å². The minimum absolute atomic E-state index is 0.341. The Morgan fingerprint density at radius 2 is 1.95 bits per heavy atom. The van der Waals surface area contributed by atoms with Crippen molar-refractivity contribution < 1.29 is 9.47 Å². The molecule has 0 fully saturated rings. The van der Waals surface area contributed by atoms with Crippen molar-refractivity contribution in [3.8, 4) is 12.3 Å². The molecule has 20 heavy (non-hydrogen) atoms. The zero-order valence-corrected chi connectivity index (χ0v) is 13.2. The van der Waals surface area contributed by atoms with Crippen LogP contribution in [0.5, 0.6) is 0 Å². The van der Waals surface area contributed by atoms with Gasteiger partial charge >= 0.3 is 0 Å². The molecule has 0 saturated carbocycles. The van der Waals surface area contributed by atoms with E-state index in [-0.39, 0.29) is 6.10 Å². The van der Waals surface area contributed by atoms with Crippen LogP contribution in [0.4, 0.5) is 0 Å². The van der Waals surface area contributed by atoms with E-state index in [4.69, 9.17) is 15.9 Å². The molecule has 0 unspecified atom stereocenters. The molecule has 0 heterocycles. The number of benzene rings is 1. The standard InChI is InChI=1S/C17H19BrO2/c1-5-16(19-11-14(4)18)17(13(2)3)20-12-15-9-7-6-8-10-15/h1,6-10,16-17H,2,4,11-12H2,3H3/t16-,17+/m0/s1. The molecule has 0 radical (unpaired) electrons. The monoisotopic (exact) mass is 334 g/mol. The molecule has 0 aliphatic rings. The number of hydrogen-bond donors (Lipinski definition) is 0. The minimum atomic E-state index is -0.481.